The molecule has 0 saturated carbocycles. The van der Waals surface area contributed by atoms with Gasteiger partial charge in [0.2, 0.25) is 0 Å². The first-order chi connectivity index (χ1) is 16.2. The Kier molecular flexibility index (Phi) is 5.93. The monoisotopic (exact) mass is 465 g/mol. The number of hydrogen-bond donors (Lipinski definition) is 4. The largest absolute Gasteiger partial charge is 0.496 e. The number of pyridine rings is 1. The molecule has 4 aromatic rings. The second-order valence-corrected chi connectivity index (χ2v) is 7.94. The second-order valence-electron chi connectivity index (χ2n) is 7.94. The van der Waals surface area contributed by atoms with Crippen LogP contribution in [-0.4, -0.2) is 38.7 Å². The van der Waals surface area contributed by atoms with Crippen LogP contribution in [0, 0.1) is 5.82 Å². The second kappa shape index (κ2) is 8.85. The summed E-state index contributed by atoms with van der Waals surface area (Å²) >= 11 is 0. The van der Waals surface area contributed by atoms with Crippen molar-refractivity contribution in [3.8, 4) is 17.1 Å². The zero-order valence-electron chi connectivity index (χ0n) is 18.8. The van der Waals surface area contributed by atoms with E-state index in [1.165, 1.54) is 23.9 Å². The van der Waals surface area contributed by atoms with E-state index in [0.29, 0.717) is 22.2 Å². The lowest BCUT2D eigenvalue weighted by atomic mass is 10.1. The minimum atomic E-state index is -0.703. The molecule has 34 heavy (non-hydrogen) atoms. The number of H-pyrrole nitrogens is 1. The van der Waals surface area contributed by atoms with Gasteiger partial charge in [-0.1, -0.05) is 0 Å². The number of carbonyl (C=O) groups excluding carboxylic acids is 2. The Hall–Kier alpha value is -4.41. The number of fused-ring (bicyclic) bond motifs is 1. The molecule has 0 fully saturated rings. The summed E-state index contributed by atoms with van der Waals surface area (Å²) in [5, 5.41) is 7.93. The number of methoxy groups -OCH3 is 1. The molecule has 1 aromatic carbocycles. The summed E-state index contributed by atoms with van der Waals surface area (Å²) in [5.74, 6) is -1.32. The van der Waals surface area contributed by atoms with Gasteiger partial charge in [0.15, 0.2) is 0 Å². The summed E-state index contributed by atoms with van der Waals surface area (Å²) < 4.78 is 20.3. The van der Waals surface area contributed by atoms with Gasteiger partial charge in [-0.15, -0.1) is 0 Å². The third kappa shape index (κ3) is 3.91. The number of carbonyl (C=O) groups is 2. The summed E-state index contributed by atoms with van der Waals surface area (Å²) in [4.78, 5) is 32.5. The molecule has 176 valence electrons. The molecule has 0 aliphatic carbocycles. The van der Waals surface area contributed by atoms with Crippen molar-refractivity contribution in [2.24, 2.45) is 5.73 Å². The fraction of sp³-hybridized carbons (Fsp3) is 0.217. The highest BCUT2D eigenvalue weighted by Crippen LogP contribution is 2.33. The van der Waals surface area contributed by atoms with Crippen molar-refractivity contribution in [2.45, 2.75) is 26.4 Å². The average Bonchev–Trinajstić information content (AvgIpc) is 3.42. The van der Waals surface area contributed by atoms with Crippen LogP contribution in [0.1, 0.15) is 46.2 Å². The minimum absolute atomic E-state index is 0.0793. The number of aromatic nitrogens is 4. The molecule has 10 nitrogen and oxygen atoms in total. The number of primary amides is 1. The first-order valence-electron chi connectivity index (χ1n) is 10.5. The molecule has 3 heterocycles. The number of nitrogens with two attached hydrogens (primary N) is 2. The molecular formula is C23H24FN7O3. The maximum Gasteiger partial charge on any atom is 0.255 e. The number of ether oxygens (including phenoxy) is 1. The van der Waals surface area contributed by atoms with Crippen molar-refractivity contribution in [3.63, 3.8) is 0 Å². The topological polar surface area (TPSA) is 154 Å². The van der Waals surface area contributed by atoms with Gasteiger partial charge in [-0.25, -0.2) is 9.07 Å². The van der Waals surface area contributed by atoms with Crippen LogP contribution in [0.25, 0.3) is 22.3 Å². The third-order valence-electron chi connectivity index (χ3n) is 5.43. The number of halogens is 1. The SMILES string of the molecule is COc1ccc(F)cc1C(=O)NCc1cnc(-c2nn(C(C)C)c(N)c2C(N)=O)c2cc[nH]c12. The van der Waals surface area contributed by atoms with Crippen LogP contribution < -0.4 is 21.5 Å². The average molecular weight is 465 g/mol. The molecule has 0 aliphatic rings. The number of nitrogens with one attached hydrogen (secondary N) is 2. The van der Waals surface area contributed by atoms with E-state index in [2.05, 4.69) is 20.4 Å². The number of aromatic amines is 1. The standard InChI is InChI=1S/C23H24FN7O3/c1-11(2)31-21(25)17(22(26)32)20(30-31)19-14-6-7-27-18(14)12(9-28-19)10-29-23(33)15-8-13(24)4-5-16(15)34-3/h4-9,11,27H,10,25H2,1-3H3,(H2,26,32)(H,29,33). The van der Waals surface area contributed by atoms with E-state index in [1.54, 1.807) is 18.5 Å². The Labute approximate surface area is 194 Å². The zero-order chi connectivity index (χ0) is 24.6. The molecule has 0 saturated heterocycles. The molecular weight excluding hydrogens is 441 g/mol. The van der Waals surface area contributed by atoms with Crippen LogP contribution in [0.5, 0.6) is 5.75 Å². The lowest BCUT2D eigenvalue weighted by Crippen LogP contribution is -2.23. The number of benzene rings is 1. The highest BCUT2D eigenvalue weighted by Gasteiger charge is 2.25. The Morgan fingerprint density at radius 1 is 1.26 bits per heavy atom. The predicted octanol–water partition coefficient (Wildman–Crippen LogP) is 2.77. The van der Waals surface area contributed by atoms with Gasteiger partial charge in [0.05, 0.1) is 18.2 Å². The molecule has 3 aromatic heterocycles. The van der Waals surface area contributed by atoms with Gasteiger partial charge >= 0.3 is 0 Å². The Balaban J connectivity index is 1.70. The summed E-state index contributed by atoms with van der Waals surface area (Å²) in [5.41, 5.74) is 14.0. The zero-order valence-corrected chi connectivity index (χ0v) is 18.8. The summed E-state index contributed by atoms with van der Waals surface area (Å²) in [6, 6.07) is 5.41. The number of nitrogens with zero attached hydrogens (tertiary/aromatic N) is 3. The highest BCUT2D eigenvalue weighted by molar-refractivity contribution is 6.06. The number of hydrogen-bond acceptors (Lipinski definition) is 6. The smallest absolute Gasteiger partial charge is 0.255 e. The van der Waals surface area contributed by atoms with Gasteiger partial charge in [0.25, 0.3) is 11.8 Å². The normalized spacial score (nSPS) is 11.2. The third-order valence-corrected chi connectivity index (χ3v) is 5.43. The lowest BCUT2D eigenvalue weighted by molar-refractivity contribution is 0.0946. The van der Waals surface area contributed by atoms with E-state index in [9.17, 15) is 14.0 Å². The molecule has 4 rings (SSSR count). The van der Waals surface area contributed by atoms with E-state index in [1.807, 2.05) is 13.8 Å². The quantitative estimate of drug-likeness (QED) is 0.329. The minimum Gasteiger partial charge on any atom is -0.496 e. The highest BCUT2D eigenvalue weighted by atomic mass is 19.1. The molecule has 0 atom stereocenters. The molecule has 0 bridgehead atoms. The van der Waals surface area contributed by atoms with Crippen LogP contribution in [0.3, 0.4) is 0 Å². The fourth-order valence-corrected chi connectivity index (χ4v) is 3.81. The van der Waals surface area contributed by atoms with Gasteiger partial charge in [0.1, 0.15) is 34.3 Å². The number of amides is 2. The predicted molar refractivity (Wildman–Crippen MR) is 125 cm³/mol. The lowest BCUT2D eigenvalue weighted by Gasteiger charge is -2.11. The molecule has 0 radical (unpaired) electrons. The Morgan fingerprint density at radius 3 is 2.71 bits per heavy atom. The number of rotatable bonds is 7. The van der Waals surface area contributed by atoms with E-state index >= 15 is 0 Å². The Bertz CT molecular complexity index is 1410. The van der Waals surface area contributed by atoms with Gasteiger partial charge in [0, 0.05) is 35.9 Å². The van der Waals surface area contributed by atoms with Crippen molar-refractivity contribution >= 4 is 28.5 Å². The summed E-state index contributed by atoms with van der Waals surface area (Å²) in [6.07, 6.45) is 3.27. The van der Waals surface area contributed by atoms with E-state index < -0.39 is 17.6 Å². The summed E-state index contributed by atoms with van der Waals surface area (Å²) in [6.45, 7) is 3.88. The first kappa shape index (κ1) is 22.8. The molecule has 2 amide bonds. The van der Waals surface area contributed by atoms with Crippen LogP contribution in [0.2, 0.25) is 0 Å². The Morgan fingerprint density at radius 2 is 2.03 bits per heavy atom. The van der Waals surface area contributed by atoms with Crippen molar-refractivity contribution in [1.29, 1.82) is 0 Å². The fourth-order valence-electron chi connectivity index (χ4n) is 3.81. The molecule has 0 aliphatic heterocycles. The van der Waals surface area contributed by atoms with Crippen LogP contribution >= 0.6 is 0 Å². The van der Waals surface area contributed by atoms with Crippen molar-refractivity contribution in [2.75, 3.05) is 12.8 Å². The number of anilines is 1. The van der Waals surface area contributed by atoms with Crippen molar-refractivity contribution in [3.05, 3.63) is 59.2 Å². The van der Waals surface area contributed by atoms with E-state index in [0.717, 1.165) is 6.07 Å². The van der Waals surface area contributed by atoms with Crippen molar-refractivity contribution in [1.82, 2.24) is 25.1 Å². The van der Waals surface area contributed by atoms with Crippen molar-refractivity contribution < 1.29 is 18.7 Å². The summed E-state index contributed by atoms with van der Waals surface area (Å²) in [7, 11) is 1.41. The van der Waals surface area contributed by atoms with Crippen LogP contribution in [0.4, 0.5) is 10.2 Å². The first-order valence-corrected chi connectivity index (χ1v) is 10.5. The molecule has 0 unspecified atom stereocenters. The van der Waals surface area contributed by atoms with Gasteiger partial charge < -0.3 is 26.5 Å². The molecule has 0 spiro atoms. The van der Waals surface area contributed by atoms with E-state index in [-0.39, 0.29) is 41.0 Å². The molecule has 6 N–H and O–H groups in total. The maximum atomic E-state index is 13.6. The number of nitrogen functional groups attached to an aromatic ring is 1. The van der Waals surface area contributed by atoms with E-state index in [4.69, 9.17) is 16.2 Å². The van der Waals surface area contributed by atoms with Crippen LogP contribution in [0.15, 0.2) is 36.7 Å². The van der Waals surface area contributed by atoms with Gasteiger partial charge in [-0.3, -0.25) is 14.6 Å². The van der Waals surface area contributed by atoms with Crippen LogP contribution in [-0.2, 0) is 6.54 Å². The maximum absolute atomic E-state index is 13.6. The van der Waals surface area contributed by atoms with Gasteiger partial charge in [-0.2, -0.15) is 5.10 Å². The van der Waals surface area contributed by atoms with Gasteiger partial charge in [-0.05, 0) is 38.1 Å². The molecule has 11 heteroatoms.